The predicted octanol–water partition coefficient (Wildman–Crippen LogP) is 2.38. The molecule has 1 aliphatic carbocycles. The number of rotatable bonds is 3. The minimum Gasteiger partial charge on any atom is -0.427 e. The number of amides is 1. The van der Waals surface area contributed by atoms with Crippen molar-refractivity contribution in [3.63, 3.8) is 0 Å². The fraction of sp³-hybridized carbons (Fsp3) is 0.444. The molecule has 0 saturated heterocycles. The van der Waals surface area contributed by atoms with Gasteiger partial charge in [0.15, 0.2) is 0 Å². The lowest BCUT2D eigenvalue weighted by Crippen LogP contribution is -2.43. The summed E-state index contributed by atoms with van der Waals surface area (Å²) in [6.45, 7) is 1.84. The number of nitrogens with zero attached hydrogens (tertiary/aromatic N) is 1. The molecule has 4 rings (SSSR count). The maximum absolute atomic E-state index is 12.8. The van der Waals surface area contributed by atoms with Crippen LogP contribution in [-0.4, -0.2) is 32.2 Å². The van der Waals surface area contributed by atoms with E-state index >= 15 is 0 Å². The molecule has 0 aromatic carbocycles. The third kappa shape index (κ3) is 3.03. The second-order valence-electron chi connectivity index (χ2n) is 7.08. The minimum atomic E-state index is -3.53. The third-order valence-electron chi connectivity index (χ3n) is 5.31. The molecule has 1 saturated carbocycles. The van der Waals surface area contributed by atoms with Crippen LogP contribution in [0.5, 0.6) is 0 Å². The second kappa shape index (κ2) is 6.57. The molecular weight excluding hydrogens is 388 g/mol. The van der Waals surface area contributed by atoms with Crippen molar-refractivity contribution < 1.29 is 17.6 Å². The quantitative estimate of drug-likeness (QED) is 0.841. The third-order valence-corrected chi connectivity index (χ3v) is 8.35. The highest BCUT2D eigenvalue weighted by molar-refractivity contribution is 7.89. The first-order valence-electron chi connectivity index (χ1n) is 8.78. The zero-order valence-corrected chi connectivity index (χ0v) is 16.7. The number of hydrogen-bond donors (Lipinski definition) is 1. The van der Waals surface area contributed by atoms with E-state index in [4.69, 9.17) is 4.42 Å². The molecular formula is C18H20N2O5S2. The first kappa shape index (κ1) is 18.4. The van der Waals surface area contributed by atoms with E-state index in [1.807, 2.05) is 0 Å². The van der Waals surface area contributed by atoms with Crippen molar-refractivity contribution in [2.24, 2.45) is 0 Å². The zero-order valence-electron chi connectivity index (χ0n) is 15.0. The van der Waals surface area contributed by atoms with Gasteiger partial charge in [0.05, 0.1) is 10.9 Å². The van der Waals surface area contributed by atoms with Crippen molar-refractivity contribution in [3.05, 3.63) is 49.7 Å². The van der Waals surface area contributed by atoms with Gasteiger partial charge in [-0.3, -0.25) is 4.79 Å². The maximum Gasteiger partial charge on any atom is 0.349 e. The van der Waals surface area contributed by atoms with Gasteiger partial charge in [0, 0.05) is 24.4 Å². The van der Waals surface area contributed by atoms with Crippen LogP contribution in [0.4, 0.5) is 0 Å². The van der Waals surface area contributed by atoms with Crippen LogP contribution >= 0.6 is 11.3 Å². The number of thiophene rings is 1. The van der Waals surface area contributed by atoms with Crippen LogP contribution in [0.2, 0.25) is 0 Å². The van der Waals surface area contributed by atoms with Gasteiger partial charge >= 0.3 is 5.63 Å². The van der Waals surface area contributed by atoms with Crippen molar-refractivity contribution in [1.82, 2.24) is 9.62 Å². The standard InChI is InChI=1S/C18H20N2O5S2/c1-10-8-13(11-4-3-5-11)25-18(22)15(10)17(21)19-12-9-20(2)27(23,24)14-6-7-26-16(12)14/h6-8,11-12H,3-5,9H2,1-2H3,(H,19,21). The lowest BCUT2D eigenvalue weighted by Gasteiger charge is -2.30. The molecule has 1 atom stereocenters. The Labute approximate surface area is 161 Å². The zero-order chi connectivity index (χ0) is 19.3. The van der Waals surface area contributed by atoms with Gasteiger partial charge in [-0.1, -0.05) is 6.42 Å². The van der Waals surface area contributed by atoms with Gasteiger partial charge in [0.1, 0.15) is 11.3 Å². The number of likely N-dealkylation sites (N-methyl/N-ethyl adjacent to an activating group) is 1. The molecule has 9 heteroatoms. The average molecular weight is 409 g/mol. The first-order valence-corrected chi connectivity index (χ1v) is 11.1. The molecule has 0 bridgehead atoms. The summed E-state index contributed by atoms with van der Waals surface area (Å²) in [5.41, 5.74) is -0.0845. The highest BCUT2D eigenvalue weighted by atomic mass is 32.2. The monoisotopic (exact) mass is 408 g/mol. The van der Waals surface area contributed by atoms with Crippen LogP contribution in [-0.2, 0) is 10.0 Å². The van der Waals surface area contributed by atoms with Gasteiger partial charge in [-0.05, 0) is 42.8 Å². The van der Waals surface area contributed by atoms with Crippen LogP contribution in [0, 0.1) is 6.92 Å². The van der Waals surface area contributed by atoms with Crippen molar-refractivity contribution in [2.45, 2.75) is 43.0 Å². The fourth-order valence-electron chi connectivity index (χ4n) is 3.52. The van der Waals surface area contributed by atoms with Crippen LogP contribution in [0.15, 0.2) is 31.6 Å². The molecule has 1 amide bonds. The first-order chi connectivity index (χ1) is 12.8. The van der Waals surface area contributed by atoms with Crippen LogP contribution in [0.25, 0.3) is 0 Å². The number of nitrogens with one attached hydrogen (secondary N) is 1. The summed E-state index contributed by atoms with van der Waals surface area (Å²) in [6.07, 6.45) is 3.12. The van der Waals surface area contributed by atoms with Gasteiger partial charge in [-0.25, -0.2) is 13.2 Å². The summed E-state index contributed by atoms with van der Waals surface area (Å²) < 4.78 is 31.3. The summed E-state index contributed by atoms with van der Waals surface area (Å²) in [5.74, 6) is 0.363. The Morgan fingerprint density at radius 3 is 2.74 bits per heavy atom. The highest BCUT2D eigenvalue weighted by Crippen LogP contribution is 2.37. The number of carbonyl (C=O) groups is 1. The van der Waals surface area contributed by atoms with Crippen LogP contribution in [0.3, 0.4) is 0 Å². The molecule has 2 aromatic heterocycles. The topological polar surface area (TPSA) is 96.7 Å². The van der Waals surface area contributed by atoms with E-state index in [0.29, 0.717) is 16.2 Å². The van der Waals surface area contributed by atoms with Crippen molar-refractivity contribution >= 4 is 27.3 Å². The molecule has 1 N–H and O–H groups in total. The largest absolute Gasteiger partial charge is 0.427 e. The predicted molar refractivity (Wildman–Crippen MR) is 101 cm³/mol. The van der Waals surface area contributed by atoms with Gasteiger partial charge in [0.2, 0.25) is 10.0 Å². The highest BCUT2D eigenvalue weighted by Gasteiger charge is 2.37. The minimum absolute atomic E-state index is 0.0211. The van der Waals surface area contributed by atoms with Crippen molar-refractivity contribution in [3.8, 4) is 0 Å². The molecule has 2 aromatic rings. The van der Waals surface area contributed by atoms with Crippen molar-refractivity contribution in [2.75, 3.05) is 13.6 Å². The molecule has 2 aliphatic rings. The van der Waals surface area contributed by atoms with E-state index in [1.54, 1.807) is 18.4 Å². The van der Waals surface area contributed by atoms with E-state index < -0.39 is 27.6 Å². The summed E-state index contributed by atoms with van der Waals surface area (Å²) in [6, 6.07) is 2.80. The number of sulfonamides is 1. The Morgan fingerprint density at radius 1 is 1.37 bits per heavy atom. The number of fused-ring (bicyclic) bond motifs is 1. The van der Waals surface area contributed by atoms with Gasteiger partial charge in [0.25, 0.3) is 5.91 Å². The maximum atomic E-state index is 12.8. The van der Waals surface area contributed by atoms with Crippen molar-refractivity contribution in [1.29, 1.82) is 0 Å². The van der Waals surface area contributed by atoms with Gasteiger partial charge in [-0.15, -0.1) is 11.3 Å². The molecule has 144 valence electrons. The van der Waals surface area contributed by atoms with Crippen LogP contribution < -0.4 is 10.9 Å². The molecule has 27 heavy (non-hydrogen) atoms. The number of aryl methyl sites for hydroxylation is 1. The Kier molecular flexibility index (Phi) is 4.48. The van der Waals surface area contributed by atoms with Gasteiger partial charge in [-0.2, -0.15) is 4.31 Å². The molecule has 1 unspecified atom stereocenters. The Bertz CT molecular complexity index is 1070. The molecule has 0 radical (unpaired) electrons. The van der Waals surface area contributed by atoms with Gasteiger partial charge < -0.3 is 9.73 Å². The van der Waals surface area contributed by atoms with E-state index in [-0.39, 0.29) is 22.9 Å². The average Bonchev–Trinajstić information content (AvgIpc) is 3.01. The smallest absolute Gasteiger partial charge is 0.349 e. The second-order valence-corrected chi connectivity index (χ2v) is 10.0. The Hall–Kier alpha value is -1.97. The fourth-order valence-corrected chi connectivity index (χ4v) is 6.22. The summed E-state index contributed by atoms with van der Waals surface area (Å²) in [4.78, 5) is 26.0. The van der Waals surface area contributed by atoms with E-state index in [0.717, 1.165) is 19.3 Å². The molecule has 7 nitrogen and oxygen atoms in total. The molecule has 1 aliphatic heterocycles. The summed E-state index contributed by atoms with van der Waals surface area (Å²) >= 11 is 1.28. The molecule has 0 spiro atoms. The van der Waals surface area contributed by atoms with E-state index in [9.17, 15) is 18.0 Å². The summed E-state index contributed by atoms with van der Waals surface area (Å²) in [5, 5.41) is 4.50. The van der Waals surface area contributed by atoms with E-state index in [1.165, 1.54) is 28.8 Å². The lowest BCUT2D eigenvalue weighted by atomic mass is 9.83. The van der Waals surface area contributed by atoms with Crippen LogP contribution in [0.1, 0.15) is 57.8 Å². The SMILES string of the molecule is Cc1cc(C2CCC2)oc(=O)c1C(=O)NC1CN(C)S(=O)(=O)c2ccsc21. The Morgan fingerprint density at radius 2 is 2.11 bits per heavy atom. The number of carbonyl (C=O) groups excluding carboxylic acids is 1. The normalized spacial score (nSPS) is 22.1. The molecule has 1 fully saturated rings. The number of hydrogen-bond acceptors (Lipinski definition) is 6. The molecule has 3 heterocycles. The van der Waals surface area contributed by atoms with E-state index in [2.05, 4.69) is 5.32 Å². The lowest BCUT2D eigenvalue weighted by molar-refractivity contribution is 0.0926. The summed E-state index contributed by atoms with van der Waals surface area (Å²) in [7, 11) is -2.05. The Balaban J connectivity index is 1.63.